The highest BCUT2D eigenvalue weighted by Gasteiger charge is 2.23. The Hall–Kier alpha value is -3.81. The number of hydrogen-bond acceptors (Lipinski definition) is 5. The molecule has 0 radical (unpaired) electrons. The summed E-state index contributed by atoms with van der Waals surface area (Å²) in [6.07, 6.45) is 8.08. The molecule has 1 N–H and O–H groups in total. The van der Waals surface area contributed by atoms with Crippen molar-refractivity contribution < 1.29 is 13.5 Å². The molecule has 1 aliphatic rings. The average molecular weight is 476 g/mol. The minimum Gasteiger partial charge on any atom is -0.487 e. The van der Waals surface area contributed by atoms with Crippen LogP contribution >= 0.6 is 0 Å². The number of nitrogens with one attached hydrogen (secondary N) is 1. The molecule has 2 aromatic carbocycles. The summed E-state index contributed by atoms with van der Waals surface area (Å²) in [6, 6.07) is 11.9. The zero-order valence-electron chi connectivity index (χ0n) is 19.5. The lowest BCUT2D eigenvalue weighted by Gasteiger charge is -2.31. The van der Waals surface area contributed by atoms with Gasteiger partial charge < -0.3 is 9.64 Å². The molecule has 8 heteroatoms. The number of aromatic nitrogens is 4. The molecule has 0 bridgehead atoms. The van der Waals surface area contributed by atoms with Crippen LogP contribution in [0.3, 0.4) is 0 Å². The number of nitrogens with zero attached hydrogens (tertiary/aromatic N) is 4. The summed E-state index contributed by atoms with van der Waals surface area (Å²) in [4.78, 5) is 11.0. The summed E-state index contributed by atoms with van der Waals surface area (Å²) in [6.45, 7) is 3.92. The molecule has 1 fully saturated rings. The van der Waals surface area contributed by atoms with Crippen LogP contribution < -0.4 is 9.64 Å². The quantitative estimate of drug-likeness (QED) is 0.373. The number of anilines is 1. The number of aryl methyl sites for hydroxylation is 1. The SMILES string of the molecule is CCc1cnc(N2CCC(COc3c(F)cc(-c4ccc(-c5cc[nH]n5)cc4)cc3F)CC2)nc1. The molecule has 35 heavy (non-hydrogen) atoms. The molecule has 1 saturated heterocycles. The monoisotopic (exact) mass is 475 g/mol. The van der Waals surface area contributed by atoms with E-state index in [1.807, 2.05) is 42.7 Å². The van der Waals surface area contributed by atoms with E-state index in [1.165, 1.54) is 12.1 Å². The van der Waals surface area contributed by atoms with Crippen molar-refractivity contribution in [3.05, 3.63) is 78.3 Å². The summed E-state index contributed by atoms with van der Waals surface area (Å²) in [5.74, 6) is -0.764. The smallest absolute Gasteiger partial charge is 0.225 e. The van der Waals surface area contributed by atoms with Crippen LogP contribution in [0.5, 0.6) is 5.75 Å². The summed E-state index contributed by atoms with van der Waals surface area (Å²) in [5, 5.41) is 6.92. The Labute approximate surface area is 203 Å². The van der Waals surface area contributed by atoms with Crippen molar-refractivity contribution in [2.45, 2.75) is 26.2 Å². The highest BCUT2D eigenvalue weighted by molar-refractivity contribution is 5.69. The molecule has 0 amide bonds. The molecule has 1 aliphatic heterocycles. The van der Waals surface area contributed by atoms with E-state index in [1.54, 1.807) is 6.20 Å². The van der Waals surface area contributed by atoms with Crippen LogP contribution in [0, 0.1) is 17.6 Å². The maximum Gasteiger partial charge on any atom is 0.225 e. The number of rotatable bonds is 7. The van der Waals surface area contributed by atoms with Gasteiger partial charge in [0.25, 0.3) is 0 Å². The molecule has 180 valence electrons. The van der Waals surface area contributed by atoms with Crippen molar-refractivity contribution in [1.82, 2.24) is 20.2 Å². The number of ether oxygens (including phenoxy) is 1. The second-order valence-electron chi connectivity index (χ2n) is 8.79. The molecule has 0 unspecified atom stereocenters. The molecule has 0 aliphatic carbocycles. The van der Waals surface area contributed by atoms with Gasteiger partial charge in [-0.2, -0.15) is 5.10 Å². The Kier molecular flexibility index (Phi) is 6.70. The van der Waals surface area contributed by atoms with Crippen LogP contribution in [-0.4, -0.2) is 39.9 Å². The summed E-state index contributed by atoms with van der Waals surface area (Å²) >= 11 is 0. The molecule has 0 saturated carbocycles. The van der Waals surface area contributed by atoms with E-state index in [2.05, 4.69) is 32.0 Å². The minimum atomic E-state index is -0.696. The van der Waals surface area contributed by atoms with Gasteiger partial charge in [0.05, 0.1) is 12.3 Å². The highest BCUT2D eigenvalue weighted by atomic mass is 19.1. The van der Waals surface area contributed by atoms with Crippen LogP contribution in [-0.2, 0) is 6.42 Å². The number of aromatic amines is 1. The third-order valence-corrected chi connectivity index (χ3v) is 6.47. The van der Waals surface area contributed by atoms with Crippen molar-refractivity contribution in [2.75, 3.05) is 24.6 Å². The lowest BCUT2D eigenvalue weighted by Crippen LogP contribution is -2.36. The summed E-state index contributed by atoms with van der Waals surface area (Å²) < 4.78 is 35.2. The molecule has 3 heterocycles. The van der Waals surface area contributed by atoms with Crippen LogP contribution in [0.25, 0.3) is 22.4 Å². The molecule has 0 spiro atoms. The molecule has 6 nitrogen and oxygen atoms in total. The van der Waals surface area contributed by atoms with Crippen molar-refractivity contribution in [3.63, 3.8) is 0 Å². The lowest BCUT2D eigenvalue weighted by molar-refractivity contribution is 0.207. The van der Waals surface area contributed by atoms with Crippen LogP contribution in [0.15, 0.2) is 61.1 Å². The van der Waals surface area contributed by atoms with Gasteiger partial charge in [-0.15, -0.1) is 0 Å². The fourth-order valence-electron chi connectivity index (χ4n) is 4.31. The van der Waals surface area contributed by atoms with Gasteiger partial charge in [-0.3, -0.25) is 5.10 Å². The zero-order chi connectivity index (χ0) is 24.2. The Morgan fingerprint density at radius 1 is 0.943 bits per heavy atom. The van der Waals surface area contributed by atoms with E-state index >= 15 is 0 Å². The van der Waals surface area contributed by atoms with Gasteiger partial charge in [0, 0.05) is 37.2 Å². The van der Waals surface area contributed by atoms with E-state index in [9.17, 15) is 8.78 Å². The zero-order valence-corrected chi connectivity index (χ0v) is 19.5. The first-order valence-corrected chi connectivity index (χ1v) is 11.9. The van der Waals surface area contributed by atoms with Gasteiger partial charge in [0.2, 0.25) is 5.95 Å². The Morgan fingerprint density at radius 3 is 2.20 bits per heavy atom. The predicted molar refractivity (Wildman–Crippen MR) is 131 cm³/mol. The molecule has 2 aromatic heterocycles. The molecule has 5 rings (SSSR count). The van der Waals surface area contributed by atoms with Gasteiger partial charge in [0.15, 0.2) is 17.4 Å². The largest absolute Gasteiger partial charge is 0.487 e. The fraction of sp³-hybridized carbons (Fsp3) is 0.296. The molecular weight excluding hydrogens is 448 g/mol. The van der Waals surface area contributed by atoms with Gasteiger partial charge in [-0.25, -0.2) is 18.7 Å². The van der Waals surface area contributed by atoms with E-state index in [0.29, 0.717) is 5.56 Å². The van der Waals surface area contributed by atoms with Crippen molar-refractivity contribution in [2.24, 2.45) is 5.92 Å². The Balaban J connectivity index is 1.19. The van der Waals surface area contributed by atoms with Crippen molar-refractivity contribution in [1.29, 1.82) is 0 Å². The number of H-pyrrole nitrogens is 1. The molecular formula is C27H27F2N5O. The fourth-order valence-corrected chi connectivity index (χ4v) is 4.31. The first-order valence-electron chi connectivity index (χ1n) is 11.9. The first kappa shape index (κ1) is 23.0. The minimum absolute atomic E-state index is 0.217. The predicted octanol–water partition coefficient (Wildman–Crippen LogP) is 5.67. The van der Waals surface area contributed by atoms with Crippen LogP contribution in [0.4, 0.5) is 14.7 Å². The van der Waals surface area contributed by atoms with E-state index in [0.717, 1.165) is 60.7 Å². The number of hydrogen-bond donors (Lipinski definition) is 1. The summed E-state index contributed by atoms with van der Waals surface area (Å²) in [7, 11) is 0. The first-order chi connectivity index (χ1) is 17.1. The standard InChI is InChI=1S/C27H27F2N5O/c1-2-18-15-30-27(31-16-18)34-11-8-19(9-12-34)17-35-26-23(28)13-22(14-24(26)29)20-3-5-21(6-4-20)25-7-10-32-33-25/h3-7,10,13-16,19H,2,8-9,11-12,17H2,1H3,(H,32,33). The van der Waals surface area contributed by atoms with E-state index in [-0.39, 0.29) is 18.3 Å². The second kappa shape index (κ2) is 10.2. The van der Waals surface area contributed by atoms with Gasteiger partial charge >= 0.3 is 0 Å². The number of halogens is 2. The number of benzene rings is 2. The van der Waals surface area contributed by atoms with Gasteiger partial charge in [-0.1, -0.05) is 31.2 Å². The van der Waals surface area contributed by atoms with Gasteiger partial charge in [0.1, 0.15) is 0 Å². The summed E-state index contributed by atoms with van der Waals surface area (Å²) in [5.41, 5.74) is 4.02. The maximum atomic E-state index is 14.8. The maximum absolute atomic E-state index is 14.8. The number of piperidine rings is 1. The normalized spacial score (nSPS) is 14.3. The van der Waals surface area contributed by atoms with E-state index in [4.69, 9.17) is 4.74 Å². The topological polar surface area (TPSA) is 66.9 Å². The van der Waals surface area contributed by atoms with Crippen molar-refractivity contribution in [3.8, 4) is 28.1 Å². The molecule has 4 aromatic rings. The third kappa shape index (κ3) is 5.16. The Bertz CT molecular complexity index is 1230. The van der Waals surface area contributed by atoms with Crippen LogP contribution in [0.2, 0.25) is 0 Å². The lowest BCUT2D eigenvalue weighted by atomic mass is 9.98. The molecule has 0 atom stereocenters. The highest BCUT2D eigenvalue weighted by Crippen LogP contribution is 2.31. The third-order valence-electron chi connectivity index (χ3n) is 6.47. The van der Waals surface area contributed by atoms with Crippen molar-refractivity contribution >= 4 is 5.95 Å². The van der Waals surface area contributed by atoms with Crippen LogP contribution in [0.1, 0.15) is 25.3 Å². The van der Waals surface area contributed by atoms with E-state index < -0.39 is 11.6 Å². The second-order valence-corrected chi connectivity index (χ2v) is 8.79. The Morgan fingerprint density at radius 2 is 1.60 bits per heavy atom. The average Bonchev–Trinajstić information content (AvgIpc) is 3.44. The van der Waals surface area contributed by atoms with Gasteiger partial charge in [-0.05, 0) is 60.1 Å².